The molecule has 0 saturated carbocycles. The molecule has 0 aromatic carbocycles. The Kier molecular flexibility index (Phi) is 5.37. The van der Waals surface area contributed by atoms with Crippen LogP contribution >= 0.6 is 0 Å². The van der Waals surface area contributed by atoms with Crippen molar-refractivity contribution in [1.82, 2.24) is 15.0 Å². The molecule has 0 bridgehead atoms. The van der Waals surface area contributed by atoms with E-state index in [1.165, 1.54) is 5.01 Å². The number of rotatable bonds is 7. The van der Waals surface area contributed by atoms with E-state index in [0.717, 1.165) is 5.57 Å². The maximum atomic E-state index is 13.0. The first-order valence-electron chi connectivity index (χ1n) is 9.20. The highest BCUT2D eigenvalue weighted by molar-refractivity contribution is 6.22. The minimum absolute atomic E-state index is 0.0314. The molecule has 1 N–H and O–H groups in total. The maximum absolute atomic E-state index is 13.0. The average molecular weight is 396 g/mol. The second-order valence-corrected chi connectivity index (χ2v) is 6.68. The zero-order valence-electron chi connectivity index (χ0n) is 15.4. The predicted molar refractivity (Wildman–Crippen MR) is 105 cm³/mol. The summed E-state index contributed by atoms with van der Waals surface area (Å²) in [5.74, 6) is 0.772. The lowest BCUT2D eigenvalue weighted by Crippen LogP contribution is -2.25. The van der Waals surface area contributed by atoms with Crippen molar-refractivity contribution >= 4 is 23.7 Å². The van der Waals surface area contributed by atoms with Gasteiger partial charge >= 0.3 is 0 Å². The van der Waals surface area contributed by atoms with Crippen LogP contribution in [-0.4, -0.2) is 58.8 Å². The van der Waals surface area contributed by atoms with Crippen molar-refractivity contribution in [1.29, 1.82) is 5.26 Å². The third-order valence-corrected chi connectivity index (χ3v) is 4.66. The summed E-state index contributed by atoms with van der Waals surface area (Å²) in [6.45, 7) is 0.275. The van der Waals surface area contributed by atoms with E-state index in [4.69, 9.17) is 5.26 Å². The summed E-state index contributed by atoms with van der Waals surface area (Å²) in [5, 5.41) is 17.5. The Labute approximate surface area is 166 Å². The van der Waals surface area contributed by atoms with Crippen LogP contribution in [-0.2, 0) is 0 Å². The molecule has 0 spiro atoms. The Morgan fingerprint density at radius 3 is 3.10 bits per heavy atom. The lowest BCUT2D eigenvalue weighted by Gasteiger charge is -2.17. The summed E-state index contributed by atoms with van der Waals surface area (Å²) in [5.41, 5.74) is 2.10. The van der Waals surface area contributed by atoms with E-state index in [1.54, 1.807) is 24.7 Å². The molecule has 0 aliphatic carbocycles. The highest BCUT2D eigenvalue weighted by Gasteiger charge is 2.34. The highest BCUT2D eigenvalue weighted by atomic mass is 19.3. The average Bonchev–Trinajstić information content (AvgIpc) is 3.34. The van der Waals surface area contributed by atoms with Crippen LogP contribution in [0.25, 0.3) is 0 Å². The van der Waals surface area contributed by atoms with Crippen molar-refractivity contribution in [2.75, 3.05) is 25.0 Å². The van der Waals surface area contributed by atoms with E-state index in [-0.39, 0.29) is 11.8 Å². The quantitative estimate of drug-likeness (QED) is 0.713. The van der Waals surface area contributed by atoms with Crippen LogP contribution < -0.4 is 5.32 Å². The number of hydrogen-bond acceptors (Lipinski definition) is 8. The number of allylic oxidation sites excluding steroid dienone is 1. The zero-order chi connectivity index (χ0) is 20.2. The molecular weight excluding hydrogens is 378 g/mol. The molecule has 0 saturated heterocycles. The molecule has 3 aliphatic heterocycles. The van der Waals surface area contributed by atoms with E-state index in [1.807, 2.05) is 18.2 Å². The molecular formula is C19H18F2N8. The third-order valence-electron chi connectivity index (χ3n) is 4.66. The van der Waals surface area contributed by atoms with Crippen molar-refractivity contribution in [2.45, 2.75) is 18.8 Å². The van der Waals surface area contributed by atoms with Crippen LogP contribution in [0, 0.1) is 17.2 Å². The molecule has 148 valence electrons. The summed E-state index contributed by atoms with van der Waals surface area (Å²) in [6.07, 6.45) is 6.74. The number of aliphatic imine (C=N–C) groups is 2. The summed E-state index contributed by atoms with van der Waals surface area (Å²) in [7, 11) is 0. The minimum atomic E-state index is -2.49. The van der Waals surface area contributed by atoms with Crippen molar-refractivity contribution in [3.05, 3.63) is 41.9 Å². The van der Waals surface area contributed by atoms with Crippen LogP contribution in [0.15, 0.2) is 51.3 Å². The fraction of sp³-hybridized carbons (Fsp3) is 0.368. The molecule has 1 aromatic heterocycles. The van der Waals surface area contributed by atoms with Gasteiger partial charge in [0.2, 0.25) is 5.95 Å². The van der Waals surface area contributed by atoms with E-state index >= 15 is 0 Å². The number of nitrogens with one attached hydrogen (secondary N) is 1. The molecule has 4 heterocycles. The number of nitriles is 1. The number of halogens is 2. The number of fused-ring (bicyclic) bond motifs is 1. The molecule has 0 radical (unpaired) electrons. The lowest BCUT2D eigenvalue weighted by molar-refractivity contribution is 0.0941. The van der Waals surface area contributed by atoms with Crippen molar-refractivity contribution in [3.63, 3.8) is 0 Å². The van der Waals surface area contributed by atoms with E-state index in [2.05, 4.69) is 30.4 Å². The van der Waals surface area contributed by atoms with Gasteiger partial charge in [0.05, 0.1) is 48.8 Å². The standard InChI is InChI=1S/C19H18F2N8/c20-16(21)11-29-10-14(15-3-7-25-19(27-15)24-5-1-4-22)17(28-29)13-8-12-2-6-23-18(12)26-9-13/h2-3,6-9,12,14,16H,1,5,10-11H2,(H,24,25,27)/t12-,14-/m1/s1. The Bertz CT molecular complexity index is 973. The number of nitrogens with zero attached hydrogens (tertiary/aromatic N) is 7. The van der Waals surface area contributed by atoms with Crippen molar-refractivity contribution in [3.8, 4) is 6.07 Å². The van der Waals surface area contributed by atoms with Gasteiger partial charge in [0.25, 0.3) is 6.43 Å². The molecule has 4 rings (SSSR count). The van der Waals surface area contributed by atoms with Crippen LogP contribution in [0.4, 0.5) is 14.7 Å². The molecule has 2 atom stereocenters. The van der Waals surface area contributed by atoms with Gasteiger partial charge in [-0.1, -0.05) is 12.2 Å². The first-order valence-corrected chi connectivity index (χ1v) is 9.20. The van der Waals surface area contributed by atoms with Gasteiger partial charge in [0, 0.05) is 30.7 Å². The second-order valence-electron chi connectivity index (χ2n) is 6.68. The van der Waals surface area contributed by atoms with Crippen LogP contribution in [0.2, 0.25) is 0 Å². The SMILES string of the molecule is N#CCCNc1nccc([C@H]2CN(CC(F)F)N=C2C2=C[C@H]3C=CN=C3N=C2)n1. The van der Waals surface area contributed by atoms with Crippen LogP contribution in [0.3, 0.4) is 0 Å². The molecule has 8 nitrogen and oxygen atoms in total. The molecule has 10 heteroatoms. The van der Waals surface area contributed by atoms with Crippen LogP contribution in [0.1, 0.15) is 18.0 Å². The van der Waals surface area contributed by atoms with E-state index in [0.29, 0.717) is 42.7 Å². The number of anilines is 1. The van der Waals surface area contributed by atoms with E-state index < -0.39 is 13.0 Å². The third kappa shape index (κ3) is 4.18. The number of hydrazone groups is 1. The lowest BCUT2D eigenvalue weighted by atomic mass is 9.91. The smallest absolute Gasteiger partial charge is 0.257 e. The highest BCUT2D eigenvalue weighted by Crippen LogP contribution is 2.30. The topological polar surface area (TPSA) is 102 Å². The maximum Gasteiger partial charge on any atom is 0.257 e. The molecule has 29 heavy (non-hydrogen) atoms. The van der Waals surface area contributed by atoms with Crippen molar-refractivity contribution in [2.24, 2.45) is 21.0 Å². The Balaban J connectivity index is 1.61. The molecule has 0 fully saturated rings. The van der Waals surface area contributed by atoms with Crippen LogP contribution in [0.5, 0.6) is 0 Å². The first-order chi connectivity index (χ1) is 14.1. The number of hydrogen-bond donors (Lipinski definition) is 1. The largest absolute Gasteiger partial charge is 0.353 e. The fourth-order valence-corrected chi connectivity index (χ4v) is 3.37. The predicted octanol–water partition coefficient (Wildman–Crippen LogP) is 2.38. The normalized spacial score (nSPS) is 22.3. The zero-order valence-corrected chi connectivity index (χ0v) is 15.4. The van der Waals surface area contributed by atoms with Gasteiger partial charge in [-0.2, -0.15) is 10.4 Å². The number of amidine groups is 1. The van der Waals surface area contributed by atoms with E-state index in [9.17, 15) is 8.78 Å². The number of aromatic nitrogens is 2. The Hall–Kier alpha value is -3.48. The number of dihydropyridines is 1. The molecule has 3 aliphatic rings. The Morgan fingerprint density at radius 1 is 1.38 bits per heavy atom. The summed E-state index contributed by atoms with van der Waals surface area (Å²) in [6, 6.07) is 3.80. The minimum Gasteiger partial charge on any atom is -0.353 e. The van der Waals surface area contributed by atoms with Gasteiger partial charge in [0.15, 0.2) is 0 Å². The first kappa shape index (κ1) is 18.9. The van der Waals surface area contributed by atoms with Gasteiger partial charge in [-0.15, -0.1) is 0 Å². The molecule has 0 amide bonds. The van der Waals surface area contributed by atoms with Gasteiger partial charge in [-0.05, 0) is 6.07 Å². The van der Waals surface area contributed by atoms with Gasteiger partial charge < -0.3 is 5.32 Å². The summed E-state index contributed by atoms with van der Waals surface area (Å²) < 4.78 is 25.9. The second kappa shape index (κ2) is 8.26. The molecule has 0 unspecified atom stereocenters. The fourth-order valence-electron chi connectivity index (χ4n) is 3.37. The van der Waals surface area contributed by atoms with Crippen molar-refractivity contribution < 1.29 is 8.78 Å². The van der Waals surface area contributed by atoms with Gasteiger partial charge in [-0.25, -0.2) is 28.7 Å². The van der Waals surface area contributed by atoms with Gasteiger partial charge in [0.1, 0.15) is 5.84 Å². The van der Waals surface area contributed by atoms with Gasteiger partial charge in [-0.3, -0.25) is 5.01 Å². The Morgan fingerprint density at radius 2 is 2.28 bits per heavy atom. The molecule has 1 aromatic rings. The summed E-state index contributed by atoms with van der Waals surface area (Å²) >= 11 is 0. The monoisotopic (exact) mass is 396 g/mol. The summed E-state index contributed by atoms with van der Waals surface area (Å²) in [4.78, 5) is 17.2. The number of alkyl halides is 2.